The number of carboxylic acid groups (broad SMARTS) is 1. The van der Waals surface area contributed by atoms with Gasteiger partial charge in [0.1, 0.15) is 17.9 Å². The van der Waals surface area contributed by atoms with E-state index in [9.17, 15) is 49.0 Å². The van der Waals surface area contributed by atoms with Gasteiger partial charge in [0.15, 0.2) is 16.6 Å². The summed E-state index contributed by atoms with van der Waals surface area (Å²) in [7, 11) is 1.60. The Hall–Kier alpha value is -5.47. The first-order valence-corrected chi connectivity index (χ1v) is 29.2. The number of carbonyl (C=O) groups excluding carboxylic acids is 6. The molecule has 4 N–H and O–H groups in total. The number of unbranched alkanes of at least 4 members (excludes halogenated alkanes) is 1. The van der Waals surface area contributed by atoms with Crippen molar-refractivity contribution in [2.75, 3.05) is 33.2 Å². The third-order valence-electron chi connectivity index (χ3n) is 19.4. The van der Waals surface area contributed by atoms with Crippen LogP contribution < -0.4 is 15.4 Å². The molecular weight excluding hydrogens is 997 g/mol. The Morgan fingerprint density at radius 3 is 2.32 bits per heavy atom. The lowest BCUT2D eigenvalue weighted by Gasteiger charge is -2.61. The number of likely N-dealkylation sites (N-methyl/N-ethyl adjacent to an activating group) is 1. The van der Waals surface area contributed by atoms with Gasteiger partial charge in [-0.05, 0) is 169 Å². The van der Waals surface area contributed by atoms with Crippen LogP contribution in [-0.4, -0.2) is 112 Å². The molecule has 16 nitrogen and oxygen atoms in total. The number of hydrogen-bond donors (Lipinski definition) is 4. The van der Waals surface area contributed by atoms with E-state index in [1.54, 1.807) is 59.9 Å². The Labute approximate surface area is 459 Å². The van der Waals surface area contributed by atoms with Gasteiger partial charge in [-0.3, -0.25) is 24.0 Å². The van der Waals surface area contributed by atoms with Crippen molar-refractivity contribution in [3.8, 4) is 11.8 Å². The molecule has 420 valence electrons. The number of ether oxygens (including phenoxy) is 1. The van der Waals surface area contributed by atoms with Crippen LogP contribution in [0.2, 0.25) is 0 Å². The molecule has 4 fully saturated rings. The van der Waals surface area contributed by atoms with Gasteiger partial charge in [0, 0.05) is 86.3 Å². The van der Waals surface area contributed by atoms with Crippen molar-refractivity contribution in [1.29, 1.82) is 5.26 Å². The topological polar surface area (TPSA) is 236 Å². The molecule has 17 heteroatoms. The molecular formula is C60H84N6O10S. The number of aliphatic hydroxyl groups excluding tert-OH is 1. The highest BCUT2D eigenvalue weighted by molar-refractivity contribution is 7.19. The number of rotatable bonds is 22. The summed E-state index contributed by atoms with van der Waals surface area (Å²) < 4.78 is 6.43. The Balaban J connectivity index is 0.845. The van der Waals surface area contributed by atoms with Crippen LogP contribution in [0.15, 0.2) is 40.5 Å². The van der Waals surface area contributed by atoms with Crippen LogP contribution in [0.1, 0.15) is 170 Å². The quantitative estimate of drug-likeness (QED) is 0.0637. The second-order valence-electron chi connectivity index (χ2n) is 24.6. The van der Waals surface area contributed by atoms with Gasteiger partial charge in [-0.2, -0.15) is 5.26 Å². The van der Waals surface area contributed by atoms with Crippen LogP contribution in [0.5, 0.6) is 5.75 Å². The number of carbonyl (C=O) groups is 7. The molecule has 10 atom stereocenters. The number of aliphatic carboxylic acids is 1. The van der Waals surface area contributed by atoms with E-state index >= 15 is 0 Å². The van der Waals surface area contributed by atoms with E-state index in [0.717, 1.165) is 37.5 Å². The van der Waals surface area contributed by atoms with Crippen LogP contribution >= 0.6 is 11.3 Å². The minimum Gasteiger partial charge on any atom is -0.480 e. The minimum absolute atomic E-state index is 0.0556. The molecule has 0 radical (unpaired) electrons. The number of aliphatic hydroxyl groups is 1. The summed E-state index contributed by atoms with van der Waals surface area (Å²) in [6.45, 7) is 16.3. The van der Waals surface area contributed by atoms with E-state index in [1.807, 2.05) is 6.07 Å². The van der Waals surface area contributed by atoms with Gasteiger partial charge in [-0.25, -0.2) is 14.6 Å². The smallest absolute Gasteiger partial charge is 0.415 e. The Morgan fingerprint density at radius 1 is 0.883 bits per heavy atom. The fraction of sp³-hybridized carbons (Fsp3) is 0.683. The molecule has 5 aliphatic carbocycles. The maximum absolute atomic E-state index is 13.7. The molecule has 0 bridgehead atoms. The molecule has 1 aromatic carbocycles. The molecule has 2 unspecified atom stereocenters. The molecule has 77 heavy (non-hydrogen) atoms. The highest BCUT2D eigenvalue weighted by atomic mass is 32.1. The van der Waals surface area contributed by atoms with Crippen molar-refractivity contribution in [3.63, 3.8) is 0 Å². The van der Waals surface area contributed by atoms with Gasteiger partial charge in [0.25, 0.3) is 0 Å². The average molecular weight is 1080 g/mol. The third-order valence-corrected chi connectivity index (χ3v) is 20.4. The number of amides is 4. The number of benzene rings is 1. The van der Waals surface area contributed by atoms with Crippen LogP contribution in [-0.2, 0) is 28.8 Å². The zero-order valence-corrected chi connectivity index (χ0v) is 47.9. The lowest BCUT2D eigenvalue weighted by molar-refractivity contribution is -0.142. The summed E-state index contributed by atoms with van der Waals surface area (Å²) >= 11 is 1.17. The van der Waals surface area contributed by atoms with Crippen molar-refractivity contribution in [2.24, 2.45) is 51.8 Å². The summed E-state index contributed by atoms with van der Waals surface area (Å²) in [5.41, 5.74) is 1.64. The number of allylic oxidation sites excluding steroid dienone is 4. The normalized spacial score (nSPS) is 27.0. The van der Waals surface area contributed by atoms with E-state index in [1.165, 1.54) is 59.7 Å². The van der Waals surface area contributed by atoms with E-state index < -0.39 is 23.5 Å². The zero-order chi connectivity index (χ0) is 56.1. The predicted molar refractivity (Wildman–Crippen MR) is 294 cm³/mol. The van der Waals surface area contributed by atoms with Crippen LogP contribution in [0.3, 0.4) is 0 Å². The van der Waals surface area contributed by atoms with Crippen molar-refractivity contribution in [1.82, 2.24) is 25.4 Å². The molecule has 0 aliphatic heterocycles. The van der Waals surface area contributed by atoms with Crippen molar-refractivity contribution in [3.05, 3.63) is 45.5 Å². The molecule has 5 aliphatic rings. The van der Waals surface area contributed by atoms with E-state index in [4.69, 9.17) is 4.74 Å². The number of Topliss-reactive ketones (excluding diaryl/α,β-unsaturated/α-hetero) is 2. The molecule has 0 saturated heterocycles. The van der Waals surface area contributed by atoms with Gasteiger partial charge in [0.2, 0.25) is 17.7 Å². The number of nitrogens with zero attached hydrogens (tertiary/aromatic N) is 4. The van der Waals surface area contributed by atoms with Crippen molar-refractivity contribution in [2.45, 2.75) is 177 Å². The van der Waals surface area contributed by atoms with E-state index in [-0.39, 0.29) is 103 Å². The number of nitriles is 1. The predicted octanol–water partition coefficient (Wildman–Crippen LogP) is 9.72. The average Bonchev–Trinajstić information content (AvgIpc) is 4.03. The molecule has 0 spiro atoms. The first-order chi connectivity index (χ1) is 36.4. The second kappa shape index (κ2) is 24.7. The minimum atomic E-state index is -1.09. The first-order valence-electron chi connectivity index (χ1n) is 28.3. The van der Waals surface area contributed by atoms with Gasteiger partial charge in [-0.1, -0.05) is 34.6 Å². The lowest BCUT2D eigenvalue weighted by Crippen LogP contribution is -2.54. The number of ketones is 2. The summed E-state index contributed by atoms with van der Waals surface area (Å²) in [4.78, 5) is 99.4. The Kier molecular flexibility index (Phi) is 19.0. The number of fused-ring (bicyclic) bond motifs is 6. The van der Waals surface area contributed by atoms with Crippen LogP contribution in [0, 0.1) is 63.1 Å². The maximum Gasteiger partial charge on any atom is 0.415 e. The van der Waals surface area contributed by atoms with Crippen molar-refractivity contribution < 1.29 is 48.5 Å². The monoisotopic (exact) mass is 1080 g/mol. The molecule has 1 heterocycles. The summed E-state index contributed by atoms with van der Waals surface area (Å²) in [5, 5.41) is 35.7. The highest BCUT2D eigenvalue weighted by Crippen LogP contribution is 2.68. The summed E-state index contributed by atoms with van der Waals surface area (Å²) in [6, 6.07) is 5.85. The number of hydrogen-bond acceptors (Lipinski definition) is 12. The summed E-state index contributed by atoms with van der Waals surface area (Å²) in [5.74, 6) is 1.60. The van der Waals surface area contributed by atoms with Crippen molar-refractivity contribution >= 4 is 62.9 Å². The third kappa shape index (κ3) is 13.2. The highest BCUT2D eigenvalue weighted by Gasteiger charge is 2.60. The van der Waals surface area contributed by atoms with Gasteiger partial charge in [-0.15, -0.1) is 11.3 Å². The first kappa shape index (κ1) is 59.2. The van der Waals surface area contributed by atoms with E-state index in [2.05, 4.69) is 36.4 Å². The maximum atomic E-state index is 13.7. The van der Waals surface area contributed by atoms with Crippen LogP contribution in [0.25, 0.3) is 10.2 Å². The Bertz CT molecular complexity index is 2700. The van der Waals surface area contributed by atoms with Gasteiger partial charge in [0.05, 0.1) is 16.3 Å². The number of nitrogens with one attached hydrogen (secondary N) is 2. The number of aromatic nitrogens is 1. The Morgan fingerprint density at radius 2 is 1.60 bits per heavy atom. The molecule has 4 amide bonds. The second-order valence-corrected chi connectivity index (χ2v) is 25.7. The number of carboxylic acids is 1. The lowest BCUT2D eigenvalue weighted by atomic mass is 9.44. The molecule has 7 rings (SSSR count). The SMILES string of the molecule is CC1=C(C)C(=O)C(C(C)(C)CC(=O)N(C)CCN(CCCC(=O)NCCCCC(NC(=O)CC[C@@H](C)[C@H]2CC[C@H]3[C@@H]4CCC5C[C@H](O)CC[C@]5(C)[C@H]4CC[C@]23C)C(=O)O)C(=O)Oc2ccc3nc(C#N)sc3c2)=C(C)C1=O. The van der Waals surface area contributed by atoms with E-state index in [0.29, 0.717) is 81.0 Å². The standard InChI is InChI=1S/C60H84N6O10S/c1-35(43-19-20-44-42-18-16-39-31-40(67)23-25-59(39,7)45(42)24-26-60(43,44)8)15-22-50(69)63-47(56(73)74)13-10-11-27-62-49(68)14-12-28-66(57(75)76-41-17-21-46-48(32-41)77-51(34-61)64-46)30-29-65(9)52(70)33-58(5,6)53-38(4)54(71)36(2)37(3)55(53)72/h17,21,32,35,39-40,42-45,47,67H,10-16,18-20,22-31,33H2,1-9H3,(H,62,68)(H,63,69)(H,73,74)/t35-,39?,40-,42+,43-,44+,45+,47?,59+,60-/m1/s1. The van der Waals surface area contributed by atoms with Gasteiger partial charge >= 0.3 is 12.1 Å². The fourth-order valence-electron chi connectivity index (χ4n) is 14.9. The molecule has 4 saturated carbocycles. The van der Waals surface area contributed by atoms with Crippen LogP contribution in [0.4, 0.5) is 4.79 Å². The number of thiazole rings is 1. The summed E-state index contributed by atoms with van der Waals surface area (Å²) in [6.07, 6.45) is 12.1. The largest absolute Gasteiger partial charge is 0.480 e. The van der Waals surface area contributed by atoms with Gasteiger partial charge < -0.3 is 35.4 Å². The molecule has 2 aromatic rings. The zero-order valence-electron chi connectivity index (χ0n) is 47.1. The molecule has 1 aromatic heterocycles. The fourth-order valence-corrected chi connectivity index (χ4v) is 15.7.